The van der Waals surface area contributed by atoms with Crippen LogP contribution in [0.5, 0.6) is 5.75 Å². The number of aromatic nitrogens is 4. The van der Waals surface area contributed by atoms with Crippen LogP contribution in [0.4, 0.5) is 5.82 Å². The molecule has 6 nitrogen and oxygen atoms in total. The van der Waals surface area contributed by atoms with E-state index in [1.165, 1.54) is 22.2 Å². The lowest BCUT2D eigenvalue weighted by atomic mass is 9.89. The van der Waals surface area contributed by atoms with E-state index >= 15 is 0 Å². The topological polar surface area (TPSA) is 64.9 Å². The average molecular weight is 420 g/mol. The Labute approximate surface area is 180 Å². The molecule has 1 aliphatic rings. The lowest BCUT2D eigenvalue weighted by Gasteiger charge is -2.22. The molecule has 3 aromatic heterocycles. The molecule has 0 saturated carbocycles. The largest absolute Gasteiger partial charge is 0.497 e. The number of benzene rings is 1. The van der Waals surface area contributed by atoms with Gasteiger partial charge in [-0.3, -0.25) is 0 Å². The molecule has 0 aliphatic heterocycles. The molecule has 2 unspecified atom stereocenters. The summed E-state index contributed by atoms with van der Waals surface area (Å²) in [5.41, 5.74) is 2.49. The molecule has 0 saturated heterocycles. The van der Waals surface area contributed by atoms with Crippen LogP contribution < -0.4 is 10.1 Å². The Kier molecular flexibility index (Phi) is 4.90. The molecule has 1 N–H and O–H groups in total. The van der Waals surface area contributed by atoms with Gasteiger partial charge in [-0.15, -0.1) is 11.3 Å². The van der Waals surface area contributed by atoms with Gasteiger partial charge in [-0.2, -0.15) is 0 Å². The lowest BCUT2D eigenvalue weighted by molar-refractivity contribution is 0.414. The molecule has 4 aromatic rings. The van der Waals surface area contributed by atoms with Gasteiger partial charge in [-0.1, -0.05) is 19.1 Å². The van der Waals surface area contributed by atoms with Gasteiger partial charge in [0, 0.05) is 24.3 Å². The van der Waals surface area contributed by atoms with Crippen molar-refractivity contribution in [2.24, 2.45) is 13.0 Å². The van der Waals surface area contributed by atoms with Crippen LogP contribution in [-0.4, -0.2) is 26.6 Å². The molecular weight excluding hydrogens is 394 g/mol. The van der Waals surface area contributed by atoms with Crippen molar-refractivity contribution >= 4 is 27.4 Å². The molecule has 0 radical (unpaired) electrons. The Morgan fingerprint density at radius 2 is 2.17 bits per heavy atom. The van der Waals surface area contributed by atoms with Gasteiger partial charge in [-0.25, -0.2) is 15.0 Å². The predicted octanol–water partition coefficient (Wildman–Crippen LogP) is 4.76. The second-order valence-corrected chi connectivity index (χ2v) is 9.09. The molecule has 0 spiro atoms. The van der Waals surface area contributed by atoms with E-state index in [9.17, 15) is 0 Å². The summed E-state index contributed by atoms with van der Waals surface area (Å²) in [7, 11) is 3.70. The van der Waals surface area contributed by atoms with Crippen LogP contribution in [0.15, 0.2) is 43.0 Å². The third kappa shape index (κ3) is 3.33. The summed E-state index contributed by atoms with van der Waals surface area (Å²) >= 11 is 1.82. The number of thiophene rings is 1. The molecule has 1 aliphatic carbocycles. The number of nitrogens with one attached hydrogen (secondary N) is 1. The molecule has 3 heterocycles. The van der Waals surface area contributed by atoms with Crippen molar-refractivity contribution in [3.8, 4) is 5.75 Å². The number of imidazole rings is 1. The second-order valence-electron chi connectivity index (χ2n) is 8.00. The highest BCUT2D eigenvalue weighted by atomic mass is 32.1. The Hall–Kier alpha value is -2.93. The lowest BCUT2D eigenvalue weighted by Crippen LogP contribution is -2.18. The van der Waals surface area contributed by atoms with Gasteiger partial charge in [0.05, 0.1) is 12.5 Å². The zero-order chi connectivity index (χ0) is 20.7. The molecule has 0 fully saturated rings. The molecule has 0 amide bonds. The van der Waals surface area contributed by atoms with Crippen LogP contribution in [-0.2, 0) is 19.9 Å². The minimum absolute atomic E-state index is 0.156. The normalized spacial score (nSPS) is 17.0. The summed E-state index contributed by atoms with van der Waals surface area (Å²) in [5, 5.41) is 4.87. The van der Waals surface area contributed by atoms with Gasteiger partial charge in [0.2, 0.25) is 0 Å². The molecule has 30 heavy (non-hydrogen) atoms. The van der Waals surface area contributed by atoms with Crippen LogP contribution in [0.25, 0.3) is 10.2 Å². The Morgan fingerprint density at radius 1 is 1.27 bits per heavy atom. The number of aryl methyl sites for hydroxylation is 2. The average Bonchev–Trinajstić information content (AvgIpc) is 3.35. The van der Waals surface area contributed by atoms with Crippen molar-refractivity contribution in [3.05, 3.63) is 64.8 Å². The first-order chi connectivity index (χ1) is 14.6. The monoisotopic (exact) mass is 419 g/mol. The molecule has 154 valence electrons. The molecule has 1 aromatic carbocycles. The van der Waals surface area contributed by atoms with E-state index in [0.717, 1.165) is 46.5 Å². The maximum absolute atomic E-state index is 5.47. The third-order valence-electron chi connectivity index (χ3n) is 5.92. The number of hydrogen-bond acceptors (Lipinski definition) is 6. The number of rotatable bonds is 5. The number of ether oxygens (including phenoxy) is 1. The van der Waals surface area contributed by atoms with Gasteiger partial charge >= 0.3 is 0 Å². The summed E-state index contributed by atoms with van der Waals surface area (Å²) < 4.78 is 7.51. The maximum Gasteiger partial charge on any atom is 0.139 e. The standard InChI is InChI=1S/C23H25N5OS/c1-14-7-8-17-18(11-14)30-23-19(17)21(25-13-26-23)27-20(22-24-9-10-28(22)2)15-5-4-6-16(12-15)29-3/h4-6,9-10,12-14,20H,7-8,11H2,1-3H3,(H,25,26,27). The highest BCUT2D eigenvalue weighted by Gasteiger charge is 2.26. The zero-order valence-corrected chi connectivity index (χ0v) is 18.2. The van der Waals surface area contributed by atoms with E-state index in [1.807, 2.05) is 47.5 Å². The minimum atomic E-state index is -0.156. The Bertz CT molecular complexity index is 1200. The van der Waals surface area contributed by atoms with Crippen molar-refractivity contribution in [1.29, 1.82) is 0 Å². The number of methoxy groups -OCH3 is 1. The first kappa shape index (κ1) is 19.1. The minimum Gasteiger partial charge on any atom is -0.497 e. The molecule has 5 rings (SSSR count). The maximum atomic E-state index is 5.47. The first-order valence-electron chi connectivity index (χ1n) is 10.3. The Morgan fingerprint density at radius 3 is 2.97 bits per heavy atom. The Balaban J connectivity index is 1.62. The van der Waals surface area contributed by atoms with Crippen molar-refractivity contribution in [2.45, 2.75) is 32.2 Å². The van der Waals surface area contributed by atoms with Gasteiger partial charge in [0.25, 0.3) is 0 Å². The molecule has 0 bridgehead atoms. The smallest absolute Gasteiger partial charge is 0.139 e. The van der Waals surface area contributed by atoms with Crippen molar-refractivity contribution < 1.29 is 4.74 Å². The van der Waals surface area contributed by atoms with Crippen LogP contribution >= 0.6 is 11.3 Å². The molecule has 2 atom stereocenters. The summed E-state index contributed by atoms with van der Waals surface area (Å²) in [5.74, 6) is 3.35. The summed E-state index contributed by atoms with van der Waals surface area (Å²) in [4.78, 5) is 16.4. The number of anilines is 1. The highest BCUT2D eigenvalue weighted by Crippen LogP contribution is 2.40. The second kappa shape index (κ2) is 7.72. The van der Waals surface area contributed by atoms with E-state index in [0.29, 0.717) is 0 Å². The van der Waals surface area contributed by atoms with Gasteiger partial charge in [0.1, 0.15) is 34.6 Å². The van der Waals surface area contributed by atoms with Crippen LogP contribution in [0.1, 0.15) is 41.2 Å². The van der Waals surface area contributed by atoms with Gasteiger partial charge < -0.3 is 14.6 Å². The van der Waals surface area contributed by atoms with E-state index in [1.54, 1.807) is 13.4 Å². The third-order valence-corrected chi connectivity index (χ3v) is 7.08. The first-order valence-corrected chi connectivity index (χ1v) is 11.1. The van der Waals surface area contributed by atoms with E-state index < -0.39 is 0 Å². The molecular formula is C23H25N5OS. The number of fused-ring (bicyclic) bond motifs is 3. The summed E-state index contributed by atoms with van der Waals surface area (Å²) in [6, 6.07) is 7.96. The zero-order valence-electron chi connectivity index (χ0n) is 17.4. The fourth-order valence-electron chi connectivity index (χ4n) is 4.29. The summed E-state index contributed by atoms with van der Waals surface area (Å²) in [6.45, 7) is 2.33. The van der Waals surface area contributed by atoms with Crippen molar-refractivity contribution in [3.63, 3.8) is 0 Å². The molecule has 7 heteroatoms. The quantitative estimate of drug-likeness (QED) is 0.505. The van der Waals surface area contributed by atoms with Crippen molar-refractivity contribution in [2.75, 3.05) is 12.4 Å². The fraction of sp³-hybridized carbons (Fsp3) is 0.348. The number of nitrogens with zero attached hydrogens (tertiary/aromatic N) is 4. The van der Waals surface area contributed by atoms with E-state index in [4.69, 9.17) is 4.74 Å². The van der Waals surface area contributed by atoms with Gasteiger partial charge in [-0.05, 0) is 48.4 Å². The highest BCUT2D eigenvalue weighted by molar-refractivity contribution is 7.19. The van der Waals surface area contributed by atoms with E-state index in [-0.39, 0.29) is 6.04 Å². The predicted molar refractivity (Wildman–Crippen MR) is 120 cm³/mol. The fourth-order valence-corrected chi connectivity index (χ4v) is 5.64. The van der Waals surface area contributed by atoms with E-state index in [2.05, 4.69) is 39.3 Å². The van der Waals surface area contributed by atoms with Crippen LogP contribution in [0.3, 0.4) is 0 Å². The summed E-state index contributed by atoms with van der Waals surface area (Å²) in [6.07, 6.45) is 8.89. The van der Waals surface area contributed by atoms with Crippen LogP contribution in [0.2, 0.25) is 0 Å². The van der Waals surface area contributed by atoms with Crippen molar-refractivity contribution in [1.82, 2.24) is 19.5 Å². The van der Waals surface area contributed by atoms with Gasteiger partial charge in [0.15, 0.2) is 0 Å². The SMILES string of the molecule is COc1cccc(C(Nc2ncnc3sc4c(c23)CCC(C)C4)c2nccn2C)c1. The number of hydrogen-bond donors (Lipinski definition) is 1. The van der Waals surface area contributed by atoms with Crippen LogP contribution in [0, 0.1) is 5.92 Å².